The van der Waals surface area contributed by atoms with Crippen LogP contribution < -0.4 is 0 Å². The lowest BCUT2D eigenvalue weighted by Gasteiger charge is -2.29. The maximum absolute atomic E-state index is 11.4. The first-order valence-corrected chi connectivity index (χ1v) is 5.91. The van der Waals surface area contributed by atoms with Gasteiger partial charge in [-0.1, -0.05) is 0 Å². The predicted molar refractivity (Wildman–Crippen MR) is 49.3 cm³/mol. The van der Waals surface area contributed by atoms with E-state index in [1.54, 1.807) is 19.0 Å². The summed E-state index contributed by atoms with van der Waals surface area (Å²) in [6.07, 6.45) is 0. The predicted octanol–water partition coefficient (Wildman–Crippen LogP) is -0.602. The van der Waals surface area contributed by atoms with Crippen LogP contribution in [0.15, 0.2) is 0 Å². The second kappa shape index (κ2) is 3.53. The number of urea groups is 1. The molecule has 0 spiro atoms. The molecule has 0 radical (unpaired) electrons. The van der Waals surface area contributed by atoms with Gasteiger partial charge in [0, 0.05) is 27.2 Å². The molecule has 0 aromatic rings. The van der Waals surface area contributed by atoms with Crippen molar-refractivity contribution in [1.29, 1.82) is 0 Å². The molecule has 0 N–H and O–H groups in total. The molecule has 0 aromatic heterocycles. The minimum Gasteiger partial charge on any atom is -0.331 e. The lowest BCUT2D eigenvalue weighted by Crippen LogP contribution is -2.47. The average molecular weight is 206 g/mol. The van der Waals surface area contributed by atoms with Gasteiger partial charge in [-0.25, -0.2) is 13.2 Å². The van der Waals surface area contributed by atoms with Crippen LogP contribution in [0.25, 0.3) is 0 Å². The van der Waals surface area contributed by atoms with Crippen molar-refractivity contribution < 1.29 is 13.2 Å². The van der Waals surface area contributed by atoms with Gasteiger partial charge in [-0.15, -0.1) is 0 Å². The largest absolute Gasteiger partial charge is 0.331 e. The molecule has 5 nitrogen and oxygen atoms in total. The Labute approximate surface area is 78.2 Å². The molecule has 0 unspecified atom stereocenters. The number of nitrogens with zero attached hydrogens (tertiary/aromatic N) is 2. The zero-order chi connectivity index (χ0) is 10.1. The summed E-state index contributed by atoms with van der Waals surface area (Å²) in [6, 6.07) is -0.116. The topological polar surface area (TPSA) is 57.7 Å². The van der Waals surface area contributed by atoms with Gasteiger partial charge in [-0.3, -0.25) is 0 Å². The Hall–Kier alpha value is -0.780. The van der Waals surface area contributed by atoms with Crippen LogP contribution in [0.5, 0.6) is 0 Å². The molecular weight excluding hydrogens is 192 g/mol. The average Bonchev–Trinajstić information content (AvgIpc) is 2.03. The first-order valence-electron chi connectivity index (χ1n) is 4.09. The molecule has 0 saturated carbocycles. The van der Waals surface area contributed by atoms with E-state index >= 15 is 0 Å². The van der Waals surface area contributed by atoms with Gasteiger partial charge in [0.15, 0.2) is 9.84 Å². The fraction of sp³-hybridized carbons (Fsp3) is 0.857. The van der Waals surface area contributed by atoms with Crippen molar-refractivity contribution in [2.75, 3.05) is 38.7 Å². The Morgan fingerprint density at radius 2 is 1.69 bits per heavy atom. The highest BCUT2D eigenvalue weighted by molar-refractivity contribution is 7.91. The molecule has 6 heteroatoms. The monoisotopic (exact) mass is 206 g/mol. The third kappa shape index (κ3) is 2.58. The van der Waals surface area contributed by atoms with Crippen molar-refractivity contribution in [1.82, 2.24) is 9.80 Å². The minimum atomic E-state index is -2.89. The quantitative estimate of drug-likeness (QED) is 0.531. The number of rotatable bonds is 0. The van der Waals surface area contributed by atoms with Crippen molar-refractivity contribution >= 4 is 15.9 Å². The Bertz CT molecular complexity index is 283. The molecular formula is C7H14N2O3S. The highest BCUT2D eigenvalue weighted by atomic mass is 32.2. The number of amides is 2. The van der Waals surface area contributed by atoms with Crippen molar-refractivity contribution in [2.45, 2.75) is 0 Å². The van der Waals surface area contributed by atoms with Gasteiger partial charge in [-0.05, 0) is 0 Å². The molecule has 0 atom stereocenters. The first kappa shape index (κ1) is 10.3. The summed E-state index contributed by atoms with van der Waals surface area (Å²) >= 11 is 0. The van der Waals surface area contributed by atoms with Crippen LogP contribution in [-0.4, -0.2) is 62.9 Å². The molecule has 1 heterocycles. The van der Waals surface area contributed by atoms with Crippen LogP contribution in [0.2, 0.25) is 0 Å². The van der Waals surface area contributed by atoms with E-state index in [1.165, 1.54) is 4.90 Å². The smallest absolute Gasteiger partial charge is 0.319 e. The molecule has 1 aliphatic heterocycles. The van der Waals surface area contributed by atoms with Crippen LogP contribution in [0, 0.1) is 0 Å². The molecule has 1 rings (SSSR count). The zero-order valence-electron chi connectivity index (χ0n) is 7.86. The first-order chi connectivity index (χ1) is 5.92. The van der Waals surface area contributed by atoms with E-state index in [1.807, 2.05) is 0 Å². The summed E-state index contributed by atoms with van der Waals surface area (Å²) in [6.45, 7) is 0.638. The summed E-state index contributed by atoms with van der Waals surface area (Å²) in [5.74, 6) is 0.180. The van der Waals surface area contributed by atoms with E-state index in [0.717, 1.165) is 0 Å². The van der Waals surface area contributed by atoms with Gasteiger partial charge in [0.2, 0.25) is 0 Å². The number of hydrogen-bond acceptors (Lipinski definition) is 3. The second-order valence-electron chi connectivity index (χ2n) is 3.32. The van der Waals surface area contributed by atoms with Crippen molar-refractivity contribution in [2.24, 2.45) is 0 Å². The molecule has 0 aromatic carbocycles. The Kier molecular flexibility index (Phi) is 2.80. The van der Waals surface area contributed by atoms with E-state index < -0.39 is 9.84 Å². The van der Waals surface area contributed by atoms with E-state index in [0.29, 0.717) is 13.1 Å². The summed E-state index contributed by atoms with van der Waals surface area (Å²) in [5.41, 5.74) is 0. The Balaban J connectivity index is 2.55. The highest BCUT2D eigenvalue weighted by Gasteiger charge is 2.25. The normalized spacial score (nSPS) is 21.2. The van der Waals surface area contributed by atoms with E-state index in [-0.39, 0.29) is 17.5 Å². The maximum Gasteiger partial charge on any atom is 0.319 e. The zero-order valence-corrected chi connectivity index (χ0v) is 8.67. The summed E-state index contributed by atoms with van der Waals surface area (Å²) in [4.78, 5) is 14.4. The number of hydrogen-bond donors (Lipinski definition) is 0. The molecule has 1 saturated heterocycles. The minimum absolute atomic E-state index is 0.0899. The van der Waals surface area contributed by atoms with Gasteiger partial charge >= 0.3 is 6.03 Å². The number of carbonyl (C=O) groups excluding carboxylic acids is 1. The van der Waals surface area contributed by atoms with Crippen LogP contribution in [0.1, 0.15) is 0 Å². The molecule has 76 valence electrons. The summed E-state index contributed by atoms with van der Waals surface area (Å²) in [5, 5.41) is 0. The van der Waals surface area contributed by atoms with E-state index in [2.05, 4.69) is 0 Å². The second-order valence-corrected chi connectivity index (χ2v) is 5.62. The fourth-order valence-electron chi connectivity index (χ4n) is 1.19. The van der Waals surface area contributed by atoms with Gasteiger partial charge in [0.25, 0.3) is 0 Å². The van der Waals surface area contributed by atoms with Gasteiger partial charge in [0.05, 0.1) is 11.5 Å². The third-order valence-electron chi connectivity index (χ3n) is 2.00. The lowest BCUT2D eigenvalue weighted by molar-refractivity contribution is 0.175. The molecule has 0 aliphatic carbocycles. The van der Waals surface area contributed by atoms with Crippen molar-refractivity contribution in [3.05, 3.63) is 0 Å². The summed E-state index contributed by atoms with van der Waals surface area (Å²) < 4.78 is 22.1. The van der Waals surface area contributed by atoms with Crippen molar-refractivity contribution in [3.63, 3.8) is 0 Å². The Morgan fingerprint density at radius 3 is 2.08 bits per heavy atom. The van der Waals surface area contributed by atoms with Crippen LogP contribution >= 0.6 is 0 Å². The van der Waals surface area contributed by atoms with E-state index in [4.69, 9.17) is 0 Å². The van der Waals surface area contributed by atoms with Gasteiger partial charge in [0.1, 0.15) is 0 Å². The SMILES string of the molecule is CN(C)C(=O)N1CCS(=O)(=O)CC1. The molecule has 1 aliphatic rings. The molecule has 1 fully saturated rings. The number of sulfone groups is 1. The fourth-order valence-corrected chi connectivity index (χ4v) is 2.39. The highest BCUT2D eigenvalue weighted by Crippen LogP contribution is 2.05. The Morgan fingerprint density at radius 1 is 1.23 bits per heavy atom. The standard InChI is InChI=1S/C7H14N2O3S/c1-8(2)7(10)9-3-5-13(11,12)6-4-9/h3-6H2,1-2H3. The van der Waals surface area contributed by atoms with Crippen molar-refractivity contribution in [3.8, 4) is 0 Å². The van der Waals surface area contributed by atoms with Gasteiger partial charge < -0.3 is 9.80 Å². The van der Waals surface area contributed by atoms with Crippen LogP contribution in [-0.2, 0) is 9.84 Å². The molecule has 2 amide bonds. The number of carbonyl (C=O) groups is 1. The van der Waals surface area contributed by atoms with E-state index in [9.17, 15) is 13.2 Å². The van der Waals surface area contributed by atoms with Crippen LogP contribution in [0.3, 0.4) is 0 Å². The lowest BCUT2D eigenvalue weighted by atomic mass is 10.5. The molecule has 13 heavy (non-hydrogen) atoms. The van der Waals surface area contributed by atoms with Crippen LogP contribution in [0.4, 0.5) is 4.79 Å². The molecule has 0 bridgehead atoms. The third-order valence-corrected chi connectivity index (χ3v) is 3.61. The van der Waals surface area contributed by atoms with Gasteiger partial charge in [-0.2, -0.15) is 0 Å². The maximum atomic E-state index is 11.4. The summed E-state index contributed by atoms with van der Waals surface area (Å²) in [7, 11) is 0.429.